The molecule has 0 radical (unpaired) electrons. The molecule has 0 amide bonds. The summed E-state index contributed by atoms with van der Waals surface area (Å²) in [6.07, 6.45) is 0. The molecule has 0 unspecified atom stereocenters. The number of rotatable bonds is 4. The summed E-state index contributed by atoms with van der Waals surface area (Å²) in [4.78, 5) is 22.4. The fourth-order valence-corrected chi connectivity index (χ4v) is 0.846. The van der Waals surface area contributed by atoms with Gasteiger partial charge in [-0.15, -0.1) is 0 Å². The number of ether oxygens (including phenoxy) is 2. The largest absolute Gasteiger partial charge is 0.465 e. The van der Waals surface area contributed by atoms with Gasteiger partial charge in [-0.25, -0.2) is 9.59 Å². The van der Waals surface area contributed by atoms with Gasteiger partial charge >= 0.3 is 11.9 Å². The third-order valence-electron chi connectivity index (χ3n) is 1.32. The molecular weight excluding hydrogens is 264 g/mol. The van der Waals surface area contributed by atoms with E-state index in [0.717, 1.165) is 0 Å². The van der Waals surface area contributed by atoms with Crippen molar-refractivity contribution in [2.24, 2.45) is 0 Å². The van der Waals surface area contributed by atoms with Gasteiger partial charge in [0.25, 0.3) is 0 Å². The topological polar surface area (TPSA) is 52.6 Å². The highest BCUT2D eigenvalue weighted by Gasteiger charge is 2.41. The van der Waals surface area contributed by atoms with E-state index < -0.39 is 16.3 Å². The molecule has 4 nitrogen and oxygen atoms in total. The highest BCUT2D eigenvalue weighted by molar-refractivity contribution is 9.10. The Kier molecular flexibility index (Phi) is 8.37. The van der Waals surface area contributed by atoms with Crippen LogP contribution in [0.15, 0.2) is 0 Å². The molecule has 0 saturated heterocycles. The summed E-state index contributed by atoms with van der Waals surface area (Å²) < 4.78 is 14.2. The average molecular weight is 284 g/mol. The minimum absolute atomic E-state index is 0.236. The van der Waals surface area contributed by atoms with Crippen LogP contribution >= 0.6 is 15.9 Å². The van der Waals surface area contributed by atoms with Crippen LogP contribution in [0.25, 0.3) is 0 Å². The van der Waals surface area contributed by atoms with Gasteiger partial charge < -0.3 is 9.47 Å². The summed E-state index contributed by atoms with van der Waals surface area (Å²) in [5.74, 6) is -1.26. The lowest BCUT2D eigenvalue weighted by Gasteiger charge is -2.17. The van der Waals surface area contributed by atoms with Crippen LogP contribution in [0.1, 0.15) is 36.0 Å². The maximum absolute atomic E-state index is 11.2. The predicted octanol–water partition coefficient (Wildman–Crippen LogP) is 2.29. The number of carbonyl (C=O) groups is 2. The fraction of sp³-hybridized carbons (Fsp3) is 0.800. The molecule has 90 valence electrons. The van der Waals surface area contributed by atoms with Gasteiger partial charge in [-0.1, -0.05) is 29.8 Å². The zero-order chi connectivity index (χ0) is 13.2. The normalized spacial score (nSPS) is 10.6. The standard InChI is InChI=1S/C8H13BrO4.C2H6/c1-4-12-6(10)8(3,9)7(11)13-5-2;1-2/h4-5H2,1-3H3;1-2H3/i;1D. The van der Waals surface area contributed by atoms with Gasteiger partial charge in [0.15, 0.2) is 0 Å². The van der Waals surface area contributed by atoms with E-state index in [2.05, 4.69) is 25.4 Å². The number of alkyl halides is 1. The molecule has 0 spiro atoms. The molecule has 0 saturated carbocycles. The third-order valence-corrected chi connectivity index (χ3v) is 1.97. The average Bonchev–Trinajstić information content (AvgIpc) is 2.19. The molecule has 0 bridgehead atoms. The molecule has 0 aromatic heterocycles. The maximum Gasteiger partial charge on any atom is 0.334 e. The minimum Gasteiger partial charge on any atom is -0.465 e. The van der Waals surface area contributed by atoms with Gasteiger partial charge in [0.2, 0.25) is 4.32 Å². The summed E-state index contributed by atoms with van der Waals surface area (Å²) in [5.41, 5.74) is 0. The van der Waals surface area contributed by atoms with Gasteiger partial charge in [-0.05, 0) is 20.8 Å². The van der Waals surface area contributed by atoms with Crippen LogP contribution in [0.2, 0.25) is 0 Å². The molecule has 0 aliphatic rings. The van der Waals surface area contributed by atoms with Gasteiger partial charge in [0.1, 0.15) is 0 Å². The number of esters is 2. The summed E-state index contributed by atoms with van der Waals surface area (Å²) in [6, 6.07) is 0. The first-order chi connectivity index (χ1) is 7.38. The zero-order valence-electron chi connectivity index (χ0n) is 10.6. The maximum atomic E-state index is 11.2. The first kappa shape index (κ1) is 14.4. The Morgan fingerprint density at radius 1 is 1.27 bits per heavy atom. The van der Waals surface area contributed by atoms with Crippen molar-refractivity contribution in [2.75, 3.05) is 13.2 Å². The highest BCUT2D eigenvalue weighted by Crippen LogP contribution is 2.21. The van der Waals surface area contributed by atoms with Crippen molar-refractivity contribution in [1.82, 2.24) is 0 Å². The monoisotopic (exact) mass is 283 g/mol. The second-order valence-corrected chi connectivity index (χ2v) is 4.03. The Bertz CT molecular complexity index is 199. The fourth-order valence-electron chi connectivity index (χ4n) is 0.617. The van der Waals surface area contributed by atoms with E-state index in [-0.39, 0.29) is 13.2 Å². The number of carbonyl (C=O) groups excluding carboxylic acids is 2. The Hall–Kier alpha value is -0.580. The van der Waals surface area contributed by atoms with Crippen molar-refractivity contribution in [3.05, 3.63) is 0 Å². The molecule has 0 N–H and O–H groups in total. The molecule has 0 aromatic carbocycles. The summed E-state index contributed by atoms with van der Waals surface area (Å²) in [7, 11) is 0. The lowest BCUT2D eigenvalue weighted by Crippen LogP contribution is -2.40. The van der Waals surface area contributed by atoms with Crippen LogP contribution in [-0.4, -0.2) is 29.5 Å². The highest BCUT2D eigenvalue weighted by atomic mass is 79.9. The van der Waals surface area contributed by atoms with Crippen LogP contribution in [0.5, 0.6) is 0 Å². The lowest BCUT2D eigenvalue weighted by atomic mass is 10.2. The zero-order valence-corrected chi connectivity index (χ0v) is 11.2. The second-order valence-electron chi connectivity index (χ2n) is 2.44. The molecule has 0 aliphatic carbocycles. The number of halogens is 1. The molecular formula is C10H19BrO4. The van der Waals surface area contributed by atoms with Crippen molar-refractivity contribution in [1.29, 1.82) is 0 Å². The van der Waals surface area contributed by atoms with Crippen LogP contribution < -0.4 is 0 Å². The SMILES string of the molecule is CCOC(=O)C(C)(Br)C(=O)OCC.[2H]CC. The van der Waals surface area contributed by atoms with Crippen LogP contribution in [0.4, 0.5) is 0 Å². The quantitative estimate of drug-likeness (QED) is 0.451. The van der Waals surface area contributed by atoms with Crippen LogP contribution in [-0.2, 0) is 19.1 Å². The molecule has 0 atom stereocenters. The van der Waals surface area contributed by atoms with E-state index in [0.29, 0.717) is 6.90 Å². The Morgan fingerprint density at radius 3 is 1.73 bits per heavy atom. The molecule has 0 aromatic rings. The minimum atomic E-state index is -1.39. The number of hydrogen-bond donors (Lipinski definition) is 0. The van der Waals surface area contributed by atoms with Gasteiger partial charge in [-0.3, -0.25) is 0 Å². The molecule has 0 fully saturated rings. The molecule has 0 rings (SSSR count). The van der Waals surface area contributed by atoms with E-state index in [1.165, 1.54) is 6.92 Å². The molecule has 0 aliphatic heterocycles. The Labute approximate surface area is 101 Å². The molecule has 0 heterocycles. The lowest BCUT2D eigenvalue weighted by molar-refractivity contribution is -0.157. The van der Waals surface area contributed by atoms with E-state index in [9.17, 15) is 9.59 Å². The van der Waals surface area contributed by atoms with E-state index in [4.69, 9.17) is 1.37 Å². The van der Waals surface area contributed by atoms with E-state index in [1.807, 2.05) is 0 Å². The van der Waals surface area contributed by atoms with Crippen LogP contribution in [0, 0.1) is 0 Å². The van der Waals surface area contributed by atoms with Crippen LogP contribution in [0.3, 0.4) is 0 Å². The van der Waals surface area contributed by atoms with E-state index in [1.54, 1.807) is 20.8 Å². The van der Waals surface area contributed by atoms with Crippen molar-refractivity contribution in [3.63, 3.8) is 0 Å². The van der Waals surface area contributed by atoms with Crippen molar-refractivity contribution >= 4 is 27.9 Å². The van der Waals surface area contributed by atoms with Crippen molar-refractivity contribution < 1.29 is 20.4 Å². The van der Waals surface area contributed by atoms with Gasteiger partial charge in [0, 0.05) is 1.37 Å². The first-order valence-electron chi connectivity index (χ1n) is 5.41. The second kappa shape index (κ2) is 8.71. The van der Waals surface area contributed by atoms with E-state index >= 15 is 0 Å². The smallest absolute Gasteiger partial charge is 0.334 e. The Morgan fingerprint density at radius 2 is 1.53 bits per heavy atom. The predicted molar refractivity (Wildman–Crippen MR) is 61.9 cm³/mol. The Balaban J connectivity index is 0. The van der Waals surface area contributed by atoms with Gasteiger partial charge in [0.05, 0.1) is 13.2 Å². The first-order valence-corrected chi connectivity index (χ1v) is 5.50. The van der Waals surface area contributed by atoms with Crippen molar-refractivity contribution in [2.45, 2.75) is 38.9 Å². The third kappa shape index (κ3) is 5.77. The summed E-state index contributed by atoms with van der Waals surface area (Å²) in [6.45, 7) is 7.51. The molecule has 5 heteroatoms. The summed E-state index contributed by atoms with van der Waals surface area (Å²) >= 11 is 2.97. The van der Waals surface area contributed by atoms with Gasteiger partial charge in [-0.2, -0.15) is 0 Å². The number of hydrogen-bond acceptors (Lipinski definition) is 4. The molecule has 15 heavy (non-hydrogen) atoms. The van der Waals surface area contributed by atoms with Crippen molar-refractivity contribution in [3.8, 4) is 0 Å². The summed E-state index contributed by atoms with van der Waals surface area (Å²) in [5, 5.41) is 0.